The fourth-order valence-corrected chi connectivity index (χ4v) is 2.00. The van der Waals surface area contributed by atoms with Gasteiger partial charge in [0.1, 0.15) is 11.4 Å². The van der Waals surface area contributed by atoms with E-state index in [1.165, 1.54) is 0 Å². The summed E-state index contributed by atoms with van der Waals surface area (Å²) in [5.74, 6) is -2.56. The second-order valence-electron chi connectivity index (χ2n) is 4.13. The summed E-state index contributed by atoms with van der Waals surface area (Å²) >= 11 is 0. The second-order valence-corrected chi connectivity index (χ2v) is 4.13. The first-order chi connectivity index (χ1) is 8.95. The molecule has 19 heavy (non-hydrogen) atoms. The lowest BCUT2D eigenvalue weighted by Crippen LogP contribution is -2.26. The maximum absolute atomic E-state index is 14.0. The number of carbonyl (C=O) groups is 2. The number of anilines is 1. The van der Waals surface area contributed by atoms with Crippen molar-refractivity contribution in [1.29, 1.82) is 0 Å². The Bertz CT molecular complexity index is 607. The number of nitrogens with zero attached hydrogens (tertiary/aromatic N) is 1. The van der Waals surface area contributed by atoms with Gasteiger partial charge in [-0.1, -0.05) is 0 Å². The van der Waals surface area contributed by atoms with Crippen molar-refractivity contribution in [2.24, 2.45) is 5.92 Å². The number of hydrogen-bond acceptors (Lipinski definition) is 2. The van der Waals surface area contributed by atoms with Gasteiger partial charge in [-0.15, -0.1) is 12.3 Å². The van der Waals surface area contributed by atoms with E-state index in [2.05, 4.69) is 5.92 Å². The number of carbonyl (C=O) groups excluding carboxylic acids is 1. The van der Waals surface area contributed by atoms with Crippen LogP contribution in [0.1, 0.15) is 16.8 Å². The van der Waals surface area contributed by atoms with Crippen molar-refractivity contribution in [2.45, 2.75) is 6.42 Å². The zero-order chi connectivity index (χ0) is 14.2. The van der Waals surface area contributed by atoms with Crippen molar-refractivity contribution in [3.05, 3.63) is 29.3 Å². The van der Waals surface area contributed by atoms with E-state index in [-0.39, 0.29) is 24.6 Å². The summed E-state index contributed by atoms with van der Waals surface area (Å²) in [6.45, 7) is 0.0942. The normalized spacial score (nSPS) is 18.5. The predicted molar refractivity (Wildman–Crippen MR) is 62.6 cm³/mol. The van der Waals surface area contributed by atoms with Crippen molar-refractivity contribution in [2.75, 3.05) is 11.4 Å². The molecular formula is C13H9F2NO3. The van der Waals surface area contributed by atoms with E-state index in [4.69, 9.17) is 11.5 Å². The van der Waals surface area contributed by atoms with Gasteiger partial charge in [0, 0.05) is 18.9 Å². The van der Waals surface area contributed by atoms with E-state index >= 15 is 0 Å². The molecule has 1 unspecified atom stereocenters. The standard InChI is InChI=1S/C13H9F2NO3/c1-2-7-5-10(17)16(6-7)9-4-3-8(14)11(12(9)15)13(18)19/h1,3-4,7H,5-6H2,(H,18,19). The maximum Gasteiger partial charge on any atom is 0.341 e. The van der Waals surface area contributed by atoms with Gasteiger partial charge in [0.2, 0.25) is 5.91 Å². The van der Waals surface area contributed by atoms with Gasteiger partial charge in [-0.3, -0.25) is 4.79 Å². The largest absolute Gasteiger partial charge is 0.477 e. The highest BCUT2D eigenvalue weighted by Crippen LogP contribution is 2.29. The van der Waals surface area contributed by atoms with Gasteiger partial charge in [0.15, 0.2) is 5.82 Å². The van der Waals surface area contributed by atoms with E-state index in [9.17, 15) is 18.4 Å². The lowest BCUT2D eigenvalue weighted by Gasteiger charge is -2.17. The molecule has 6 heteroatoms. The average molecular weight is 265 g/mol. The second kappa shape index (κ2) is 4.69. The van der Waals surface area contributed by atoms with Gasteiger partial charge in [0.05, 0.1) is 5.69 Å². The Balaban J connectivity index is 2.48. The zero-order valence-electron chi connectivity index (χ0n) is 9.69. The summed E-state index contributed by atoms with van der Waals surface area (Å²) in [5, 5.41) is 8.76. The van der Waals surface area contributed by atoms with Crippen molar-refractivity contribution in [3.63, 3.8) is 0 Å². The van der Waals surface area contributed by atoms with E-state index in [0.717, 1.165) is 17.0 Å². The van der Waals surface area contributed by atoms with Crippen LogP contribution in [0, 0.1) is 29.9 Å². The van der Waals surface area contributed by atoms with Crippen molar-refractivity contribution < 1.29 is 23.5 Å². The molecule has 1 aliphatic heterocycles. The molecule has 1 atom stereocenters. The summed E-state index contributed by atoms with van der Waals surface area (Å²) in [7, 11) is 0. The Morgan fingerprint density at radius 2 is 2.16 bits per heavy atom. The third-order valence-corrected chi connectivity index (χ3v) is 2.94. The summed E-state index contributed by atoms with van der Waals surface area (Å²) in [5.41, 5.74) is -1.34. The minimum absolute atomic E-state index is 0.0652. The number of carboxylic acids is 1. The van der Waals surface area contributed by atoms with Crippen molar-refractivity contribution in [1.82, 2.24) is 0 Å². The van der Waals surface area contributed by atoms with Crippen LogP contribution in [0.15, 0.2) is 12.1 Å². The van der Waals surface area contributed by atoms with Crippen LogP contribution in [-0.4, -0.2) is 23.5 Å². The third-order valence-electron chi connectivity index (χ3n) is 2.94. The molecule has 0 aromatic heterocycles. The van der Waals surface area contributed by atoms with Crippen LogP contribution in [0.5, 0.6) is 0 Å². The van der Waals surface area contributed by atoms with E-state index in [1.54, 1.807) is 0 Å². The predicted octanol–water partition coefficient (Wildman–Crippen LogP) is 1.65. The zero-order valence-corrected chi connectivity index (χ0v) is 9.69. The number of aromatic carboxylic acids is 1. The van der Waals surface area contributed by atoms with Crippen LogP contribution in [0.2, 0.25) is 0 Å². The fourth-order valence-electron chi connectivity index (χ4n) is 2.00. The van der Waals surface area contributed by atoms with Crippen LogP contribution >= 0.6 is 0 Å². The number of terminal acetylenes is 1. The number of rotatable bonds is 2. The molecule has 0 saturated carbocycles. The van der Waals surface area contributed by atoms with Gasteiger partial charge < -0.3 is 10.0 Å². The van der Waals surface area contributed by atoms with E-state index in [0.29, 0.717) is 0 Å². The Morgan fingerprint density at radius 3 is 2.68 bits per heavy atom. The molecule has 1 amide bonds. The first-order valence-electron chi connectivity index (χ1n) is 5.43. The van der Waals surface area contributed by atoms with Gasteiger partial charge >= 0.3 is 5.97 Å². The number of benzene rings is 1. The highest BCUT2D eigenvalue weighted by molar-refractivity contribution is 5.98. The number of halogens is 2. The topological polar surface area (TPSA) is 57.6 Å². The minimum atomic E-state index is -1.73. The maximum atomic E-state index is 14.0. The van der Waals surface area contributed by atoms with Crippen LogP contribution in [0.4, 0.5) is 14.5 Å². The molecule has 98 valence electrons. The van der Waals surface area contributed by atoms with Crippen LogP contribution in [-0.2, 0) is 4.79 Å². The number of hydrogen-bond donors (Lipinski definition) is 1. The van der Waals surface area contributed by atoms with Crippen LogP contribution in [0.3, 0.4) is 0 Å². The molecular weight excluding hydrogens is 256 g/mol. The van der Waals surface area contributed by atoms with E-state index < -0.39 is 29.1 Å². The van der Waals surface area contributed by atoms with Gasteiger partial charge in [-0.25, -0.2) is 13.6 Å². The van der Waals surface area contributed by atoms with Gasteiger partial charge in [-0.2, -0.15) is 0 Å². The van der Waals surface area contributed by atoms with Gasteiger partial charge in [0.25, 0.3) is 0 Å². The summed E-state index contributed by atoms with van der Waals surface area (Å²) < 4.78 is 27.2. The molecule has 0 radical (unpaired) electrons. The minimum Gasteiger partial charge on any atom is -0.477 e. The summed E-state index contributed by atoms with van der Waals surface area (Å²) in [6, 6.07) is 1.85. The van der Waals surface area contributed by atoms with Gasteiger partial charge in [-0.05, 0) is 12.1 Å². The quantitative estimate of drug-likeness (QED) is 0.827. The SMILES string of the molecule is C#CC1CC(=O)N(c2ccc(F)c(C(=O)O)c2F)C1. The molecule has 1 aliphatic rings. The molecule has 1 saturated heterocycles. The third kappa shape index (κ3) is 2.15. The molecule has 0 spiro atoms. The molecule has 1 aromatic carbocycles. The Hall–Kier alpha value is -2.42. The molecule has 0 bridgehead atoms. The highest BCUT2D eigenvalue weighted by Gasteiger charge is 2.33. The Labute approximate surface area is 107 Å². The lowest BCUT2D eigenvalue weighted by atomic mass is 10.1. The summed E-state index contributed by atoms with van der Waals surface area (Å²) in [6.07, 6.45) is 5.27. The monoisotopic (exact) mass is 265 g/mol. The van der Waals surface area contributed by atoms with Crippen molar-refractivity contribution >= 4 is 17.6 Å². The molecule has 2 rings (SSSR count). The van der Waals surface area contributed by atoms with E-state index in [1.807, 2.05) is 0 Å². The molecule has 1 fully saturated rings. The smallest absolute Gasteiger partial charge is 0.341 e. The Kier molecular flexibility index (Phi) is 3.21. The first kappa shape index (κ1) is 13.0. The lowest BCUT2D eigenvalue weighted by molar-refractivity contribution is -0.117. The summed E-state index contributed by atoms with van der Waals surface area (Å²) in [4.78, 5) is 23.5. The van der Waals surface area contributed by atoms with Crippen LogP contribution in [0.25, 0.3) is 0 Å². The fraction of sp³-hybridized carbons (Fsp3) is 0.231. The average Bonchev–Trinajstić information content (AvgIpc) is 2.70. The molecule has 0 aliphatic carbocycles. The molecule has 1 N–H and O–H groups in total. The Morgan fingerprint density at radius 1 is 1.47 bits per heavy atom. The first-order valence-corrected chi connectivity index (χ1v) is 5.43. The molecule has 1 aromatic rings. The molecule has 1 heterocycles. The number of carboxylic acid groups (broad SMARTS) is 1. The number of amides is 1. The van der Waals surface area contributed by atoms with Crippen molar-refractivity contribution in [3.8, 4) is 12.3 Å². The molecule has 4 nitrogen and oxygen atoms in total. The highest BCUT2D eigenvalue weighted by atomic mass is 19.1. The van der Waals surface area contributed by atoms with Crippen LogP contribution < -0.4 is 4.90 Å².